The number of amides is 1. The molecule has 7 heteroatoms. The molecule has 0 spiro atoms. The minimum absolute atomic E-state index is 0.237. The Morgan fingerprint density at radius 3 is 2.58 bits per heavy atom. The number of aromatic nitrogens is 2. The molecule has 1 aliphatic heterocycles. The fraction of sp³-hybridized carbons (Fsp3) is 0.588. The van der Waals surface area contributed by atoms with E-state index in [1.807, 2.05) is 20.8 Å². The summed E-state index contributed by atoms with van der Waals surface area (Å²) in [5.74, 6) is 0.972. The molecule has 1 fully saturated rings. The number of rotatable bonds is 2. The van der Waals surface area contributed by atoms with Crippen LogP contribution in [0.25, 0.3) is 10.2 Å². The molecule has 0 saturated carbocycles. The molecule has 1 saturated heterocycles. The molecule has 0 atom stereocenters. The first-order valence-electron chi connectivity index (χ1n) is 8.33. The van der Waals surface area contributed by atoms with Crippen LogP contribution in [0.2, 0.25) is 0 Å². The van der Waals surface area contributed by atoms with Gasteiger partial charge >= 0.3 is 6.09 Å². The van der Waals surface area contributed by atoms with Crippen molar-refractivity contribution in [1.29, 1.82) is 0 Å². The Bertz CT molecular complexity index is 730. The quantitative estimate of drug-likeness (QED) is 0.833. The molecule has 130 valence electrons. The fourth-order valence-corrected chi connectivity index (χ4v) is 3.68. The summed E-state index contributed by atoms with van der Waals surface area (Å²) in [4.78, 5) is 27.4. The van der Waals surface area contributed by atoms with Gasteiger partial charge in [-0.05, 0) is 33.3 Å². The summed E-state index contributed by atoms with van der Waals surface area (Å²) in [7, 11) is 0. The van der Waals surface area contributed by atoms with Crippen molar-refractivity contribution in [3.05, 3.63) is 17.3 Å². The highest BCUT2D eigenvalue weighted by atomic mass is 32.1. The molecule has 0 aromatic carbocycles. The van der Waals surface area contributed by atoms with Gasteiger partial charge in [-0.25, -0.2) is 14.8 Å². The molecule has 0 aliphatic carbocycles. The van der Waals surface area contributed by atoms with E-state index < -0.39 is 5.60 Å². The number of hydrogen-bond acceptors (Lipinski definition) is 6. The minimum Gasteiger partial charge on any atom is -0.444 e. The van der Waals surface area contributed by atoms with Gasteiger partial charge in [0.2, 0.25) is 0 Å². The Morgan fingerprint density at radius 1 is 1.25 bits per heavy atom. The predicted molar refractivity (Wildman–Crippen MR) is 96.8 cm³/mol. The molecule has 6 nitrogen and oxygen atoms in total. The van der Waals surface area contributed by atoms with E-state index in [1.54, 1.807) is 22.6 Å². The number of hydrogen-bond donors (Lipinski definition) is 0. The number of carbonyl (C=O) groups excluding carboxylic acids is 1. The van der Waals surface area contributed by atoms with Crippen LogP contribution in [0, 0.1) is 0 Å². The number of ether oxygens (including phenoxy) is 1. The zero-order chi connectivity index (χ0) is 17.3. The van der Waals surface area contributed by atoms with Crippen LogP contribution in [0.5, 0.6) is 0 Å². The molecule has 1 amide bonds. The number of anilines is 1. The van der Waals surface area contributed by atoms with Gasteiger partial charge in [0.25, 0.3) is 0 Å². The lowest BCUT2D eigenvalue weighted by atomic mass is 10.2. The third-order valence-electron chi connectivity index (χ3n) is 3.94. The van der Waals surface area contributed by atoms with Crippen LogP contribution < -0.4 is 4.90 Å². The monoisotopic (exact) mass is 348 g/mol. The molecule has 0 unspecified atom stereocenters. The average Bonchev–Trinajstić information content (AvgIpc) is 2.96. The van der Waals surface area contributed by atoms with E-state index in [-0.39, 0.29) is 6.09 Å². The molecule has 0 N–H and O–H groups in total. The predicted octanol–water partition coefficient (Wildman–Crippen LogP) is 3.31. The molecular weight excluding hydrogens is 324 g/mol. The summed E-state index contributed by atoms with van der Waals surface area (Å²) in [6.45, 7) is 10.6. The standard InChI is InChI=1S/C17H24N4O2S/c1-5-12-10-13-14(18-11-19-15(13)24-12)20-6-8-21(9-7-20)16(22)23-17(2,3)4/h10-11H,5-9H2,1-4H3. The Morgan fingerprint density at radius 2 is 1.96 bits per heavy atom. The van der Waals surface area contributed by atoms with Gasteiger partial charge < -0.3 is 14.5 Å². The number of thiophene rings is 1. The van der Waals surface area contributed by atoms with Crippen LogP contribution in [0.1, 0.15) is 32.6 Å². The Kier molecular flexibility index (Phi) is 4.62. The topological polar surface area (TPSA) is 58.6 Å². The van der Waals surface area contributed by atoms with Crippen molar-refractivity contribution in [3.8, 4) is 0 Å². The lowest BCUT2D eigenvalue weighted by Gasteiger charge is -2.36. The van der Waals surface area contributed by atoms with Crippen LogP contribution in [0.4, 0.5) is 10.6 Å². The van der Waals surface area contributed by atoms with Crippen molar-refractivity contribution in [3.63, 3.8) is 0 Å². The van der Waals surface area contributed by atoms with Gasteiger partial charge in [-0.2, -0.15) is 0 Å². The zero-order valence-electron chi connectivity index (χ0n) is 14.7. The number of nitrogens with zero attached hydrogens (tertiary/aromatic N) is 4. The molecular formula is C17H24N4O2S. The number of fused-ring (bicyclic) bond motifs is 1. The largest absolute Gasteiger partial charge is 0.444 e. The van der Waals surface area contributed by atoms with E-state index in [0.29, 0.717) is 13.1 Å². The van der Waals surface area contributed by atoms with E-state index in [1.165, 1.54) is 4.88 Å². The van der Waals surface area contributed by atoms with Crippen molar-refractivity contribution in [2.24, 2.45) is 0 Å². The second-order valence-electron chi connectivity index (χ2n) is 6.94. The van der Waals surface area contributed by atoms with Crippen LogP contribution in [-0.4, -0.2) is 52.7 Å². The summed E-state index contributed by atoms with van der Waals surface area (Å²) in [5.41, 5.74) is -0.458. The van der Waals surface area contributed by atoms with Crippen LogP contribution in [-0.2, 0) is 11.2 Å². The Labute approximate surface area is 146 Å². The van der Waals surface area contributed by atoms with Crippen molar-refractivity contribution in [2.75, 3.05) is 31.1 Å². The number of carbonyl (C=O) groups is 1. The van der Waals surface area contributed by atoms with Gasteiger partial charge in [0.05, 0.1) is 5.39 Å². The second kappa shape index (κ2) is 6.55. The van der Waals surface area contributed by atoms with Crippen LogP contribution in [0.15, 0.2) is 12.4 Å². The van der Waals surface area contributed by atoms with Crippen molar-refractivity contribution in [1.82, 2.24) is 14.9 Å². The van der Waals surface area contributed by atoms with E-state index in [9.17, 15) is 4.79 Å². The van der Waals surface area contributed by atoms with Gasteiger partial charge in [0, 0.05) is 31.1 Å². The van der Waals surface area contributed by atoms with Gasteiger partial charge in [0.15, 0.2) is 0 Å². The Hall–Kier alpha value is -1.89. The number of piperazine rings is 1. The van der Waals surface area contributed by atoms with Crippen molar-refractivity contribution in [2.45, 2.75) is 39.7 Å². The highest BCUT2D eigenvalue weighted by molar-refractivity contribution is 7.18. The average molecular weight is 348 g/mol. The highest BCUT2D eigenvalue weighted by Crippen LogP contribution is 2.31. The van der Waals surface area contributed by atoms with Crippen molar-refractivity contribution >= 4 is 33.5 Å². The lowest BCUT2D eigenvalue weighted by molar-refractivity contribution is 0.0240. The minimum atomic E-state index is -0.458. The van der Waals surface area contributed by atoms with E-state index in [4.69, 9.17) is 4.74 Å². The highest BCUT2D eigenvalue weighted by Gasteiger charge is 2.27. The van der Waals surface area contributed by atoms with E-state index in [0.717, 1.165) is 35.5 Å². The maximum absolute atomic E-state index is 12.2. The third-order valence-corrected chi connectivity index (χ3v) is 5.13. The van der Waals surface area contributed by atoms with E-state index in [2.05, 4.69) is 27.9 Å². The Balaban J connectivity index is 1.71. The summed E-state index contributed by atoms with van der Waals surface area (Å²) in [5, 5.41) is 1.12. The number of aryl methyl sites for hydroxylation is 1. The maximum atomic E-state index is 12.2. The summed E-state index contributed by atoms with van der Waals surface area (Å²) < 4.78 is 5.45. The molecule has 3 rings (SSSR count). The van der Waals surface area contributed by atoms with Gasteiger partial charge in [-0.1, -0.05) is 6.92 Å². The zero-order valence-corrected chi connectivity index (χ0v) is 15.5. The lowest BCUT2D eigenvalue weighted by Crippen LogP contribution is -2.50. The summed E-state index contributed by atoms with van der Waals surface area (Å²) in [6, 6.07) is 2.19. The molecule has 0 radical (unpaired) electrons. The molecule has 24 heavy (non-hydrogen) atoms. The van der Waals surface area contributed by atoms with E-state index >= 15 is 0 Å². The smallest absolute Gasteiger partial charge is 0.410 e. The molecule has 1 aliphatic rings. The third kappa shape index (κ3) is 3.61. The second-order valence-corrected chi connectivity index (χ2v) is 8.05. The fourth-order valence-electron chi connectivity index (χ4n) is 2.75. The van der Waals surface area contributed by atoms with Gasteiger partial charge in [-0.3, -0.25) is 0 Å². The first-order chi connectivity index (χ1) is 11.4. The molecule has 3 heterocycles. The molecule has 2 aromatic heterocycles. The SMILES string of the molecule is CCc1cc2c(N3CCN(C(=O)OC(C)(C)C)CC3)ncnc2s1. The summed E-state index contributed by atoms with van der Waals surface area (Å²) in [6.07, 6.45) is 2.40. The van der Waals surface area contributed by atoms with Crippen molar-refractivity contribution < 1.29 is 9.53 Å². The normalized spacial score (nSPS) is 15.8. The molecule has 0 bridgehead atoms. The first kappa shape index (κ1) is 17.0. The maximum Gasteiger partial charge on any atom is 0.410 e. The van der Waals surface area contributed by atoms with Crippen LogP contribution >= 0.6 is 11.3 Å². The van der Waals surface area contributed by atoms with Gasteiger partial charge in [0.1, 0.15) is 22.6 Å². The summed E-state index contributed by atoms with van der Waals surface area (Å²) >= 11 is 1.72. The first-order valence-corrected chi connectivity index (χ1v) is 9.15. The van der Waals surface area contributed by atoms with Gasteiger partial charge in [-0.15, -0.1) is 11.3 Å². The van der Waals surface area contributed by atoms with Crippen LogP contribution in [0.3, 0.4) is 0 Å². The molecule has 2 aromatic rings.